The van der Waals surface area contributed by atoms with Crippen molar-refractivity contribution in [3.05, 3.63) is 59.7 Å². The molecule has 0 bridgehead atoms. The van der Waals surface area contributed by atoms with Gasteiger partial charge in [0.05, 0.1) is 6.54 Å². The number of carbonyl (C=O) groups is 1. The van der Waals surface area contributed by atoms with Gasteiger partial charge >= 0.3 is 6.09 Å². The Morgan fingerprint density at radius 2 is 1.81 bits per heavy atom. The Morgan fingerprint density at radius 3 is 2.48 bits per heavy atom. The minimum absolute atomic E-state index is 0.0902. The van der Waals surface area contributed by atoms with Crippen molar-refractivity contribution in [2.45, 2.75) is 24.8 Å². The second-order valence-electron chi connectivity index (χ2n) is 7.25. The summed E-state index contributed by atoms with van der Waals surface area (Å²) < 4.78 is 5.63. The Bertz CT molecular complexity index is 825. The maximum atomic E-state index is 12.4. The van der Waals surface area contributed by atoms with Gasteiger partial charge in [-0.15, -0.1) is 6.42 Å². The maximum Gasteiger partial charge on any atom is 0.407 e. The zero-order valence-corrected chi connectivity index (χ0v) is 15.4. The van der Waals surface area contributed by atoms with E-state index in [0.717, 1.165) is 25.9 Å². The Kier molecular flexibility index (Phi) is 5.13. The van der Waals surface area contributed by atoms with Crippen molar-refractivity contribution >= 4 is 6.09 Å². The summed E-state index contributed by atoms with van der Waals surface area (Å²) in [5.74, 6) is 2.76. The van der Waals surface area contributed by atoms with Gasteiger partial charge in [0.2, 0.25) is 0 Å². The quantitative estimate of drug-likeness (QED) is 0.847. The van der Waals surface area contributed by atoms with Gasteiger partial charge in [0, 0.05) is 18.5 Å². The molecule has 0 radical (unpaired) electrons. The lowest BCUT2D eigenvalue weighted by molar-refractivity contribution is 0.129. The van der Waals surface area contributed by atoms with Crippen LogP contribution in [-0.2, 0) is 4.74 Å². The first-order valence-electron chi connectivity index (χ1n) is 9.53. The van der Waals surface area contributed by atoms with Gasteiger partial charge in [0.25, 0.3) is 0 Å². The lowest BCUT2D eigenvalue weighted by atomic mass is 9.98. The first kappa shape index (κ1) is 17.6. The van der Waals surface area contributed by atoms with Crippen LogP contribution in [0.15, 0.2) is 48.5 Å². The summed E-state index contributed by atoms with van der Waals surface area (Å²) in [5, 5.41) is 3.01. The second kappa shape index (κ2) is 7.85. The van der Waals surface area contributed by atoms with Crippen molar-refractivity contribution < 1.29 is 9.53 Å². The summed E-state index contributed by atoms with van der Waals surface area (Å²) >= 11 is 0. The highest BCUT2D eigenvalue weighted by Gasteiger charge is 2.29. The summed E-state index contributed by atoms with van der Waals surface area (Å²) in [6, 6.07) is 16.8. The highest BCUT2D eigenvalue weighted by atomic mass is 16.5. The van der Waals surface area contributed by atoms with Gasteiger partial charge < -0.3 is 10.1 Å². The SMILES string of the molecule is C#CCN1CCCC(NC(=O)OCC2c3ccccc3-c3ccccc32)C1. The van der Waals surface area contributed by atoms with Crippen molar-refractivity contribution in [1.82, 2.24) is 10.2 Å². The summed E-state index contributed by atoms with van der Waals surface area (Å²) in [5.41, 5.74) is 4.92. The molecule has 1 fully saturated rings. The Labute approximate surface area is 160 Å². The molecular weight excluding hydrogens is 336 g/mol. The van der Waals surface area contributed by atoms with E-state index in [1.54, 1.807) is 0 Å². The number of carbonyl (C=O) groups excluding carboxylic acids is 1. The maximum absolute atomic E-state index is 12.4. The summed E-state index contributed by atoms with van der Waals surface area (Å²) in [6.45, 7) is 2.75. The minimum Gasteiger partial charge on any atom is -0.449 e. The monoisotopic (exact) mass is 360 g/mol. The number of hydrogen-bond acceptors (Lipinski definition) is 3. The number of terminal acetylenes is 1. The smallest absolute Gasteiger partial charge is 0.407 e. The van der Waals surface area contributed by atoms with Crippen LogP contribution in [-0.4, -0.2) is 43.3 Å². The molecule has 1 N–H and O–H groups in total. The molecule has 0 spiro atoms. The Hall–Kier alpha value is -2.77. The Morgan fingerprint density at radius 1 is 1.15 bits per heavy atom. The lowest BCUT2D eigenvalue weighted by Crippen LogP contribution is -2.48. The van der Waals surface area contributed by atoms with Crippen molar-refractivity contribution in [2.24, 2.45) is 0 Å². The lowest BCUT2D eigenvalue weighted by Gasteiger charge is -2.31. The first-order valence-corrected chi connectivity index (χ1v) is 9.53. The molecule has 138 valence electrons. The van der Waals surface area contributed by atoms with E-state index in [1.165, 1.54) is 22.3 Å². The topological polar surface area (TPSA) is 41.6 Å². The van der Waals surface area contributed by atoms with Crippen LogP contribution >= 0.6 is 0 Å². The Balaban J connectivity index is 1.39. The molecule has 2 aromatic carbocycles. The first-order chi connectivity index (χ1) is 13.3. The number of nitrogens with one attached hydrogen (secondary N) is 1. The zero-order chi connectivity index (χ0) is 18.6. The molecule has 1 aliphatic carbocycles. The molecule has 4 nitrogen and oxygen atoms in total. The van der Waals surface area contributed by atoms with Crippen molar-refractivity contribution in [3.8, 4) is 23.5 Å². The molecule has 0 aromatic heterocycles. The molecule has 27 heavy (non-hydrogen) atoms. The number of fused-ring (bicyclic) bond motifs is 3. The number of amides is 1. The standard InChI is InChI=1S/C23H24N2O2/c1-2-13-25-14-7-8-17(15-25)24-23(26)27-16-22-20-11-5-3-9-18(20)19-10-4-6-12-21(19)22/h1,3-6,9-12,17,22H,7-8,13-16H2,(H,24,26). The molecule has 1 atom stereocenters. The van der Waals surface area contributed by atoms with Crippen LogP contribution in [0.3, 0.4) is 0 Å². The average Bonchev–Trinajstić information content (AvgIpc) is 3.01. The van der Waals surface area contributed by atoms with Crippen LogP contribution in [0.2, 0.25) is 0 Å². The van der Waals surface area contributed by atoms with E-state index in [0.29, 0.717) is 13.2 Å². The molecule has 1 heterocycles. The molecular formula is C23H24N2O2. The molecule has 1 amide bonds. The second-order valence-corrected chi connectivity index (χ2v) is 7.25. The van der Waals surface area contributed by atoms with Crippen molar-refractivity contribution in [2.75, 3.05) is 26.2 Å². The predicted molar refractivity (Wildman–Crippen MR) is 106 cm³/mol. The fourth-order valence-corrected chi connectivity index (χ4v) is 4.25. The van der Waals surface area contributed by atoms with Gasteiger partial charge in [0.15, 0.2) is 0 Å². The molecule has 4 heteroatoms. The number of alkyl carbamates (subject to hydrolysis) is 1. The van der Waals surface area contributed by atoms with Gasteiger partial charge in [-0.1, -0.05) is 54.5 Å². The van der Waals surface area contributed by atoms with Crippen LogP contribution in [0.5, 0.6) is 0 Å². The summed E-state index contributed by atoms with van der Waals surface area (Å²) in [7, 11) is 0. The fraction of sp³-hybridized carbons (Fsp3) is 0.348. The number of rotatable bonds is 4. The van der Waals surface area contributed by atoms with Crippen LogP contribution in [0.4, 0.5) is 4.79 Å². The van der Waals surface area contributed by atoms with Crippen molar-refractivity contribution in [3.63, 3.8) is 0 Å². The third-order valence-electron chi connectivity index (χ3n) is 5.49. The van der Waals surface area contributed by atoms with Crippen LogP contribution in [0.1, 0.15) is 29.9 Å². The van der Waals surface area contributed by atoms with Gasteiger partial charge in [-0.05, 0) is 41.6 Å². The molecule has 2 aromatic rings. The van der Waals surface area contributed by atoms with Gasteiger partial charge in [0.1, 0.15) is 6.61 Å². The highest BCUT2D eigenvalue weighted by Crippen LogP contribution is 2.44. The molecule has 2 aliphatic rings. The highest BCUT2D eigenvalue weighted by molar-refractivity contribution is 5.79. The zero-order valence-electron chi connectivity index (χ0n) is 15.4. The van der Waals surface area contributed by atoms with Gasteiger partial charge in [-0.3, -0.25) is 4.90 Å². The molecule has 1 aliphatic heterocycles. The number of hydrogen-bond donors (Lipinski definition) is 1. The van der Waals surface area contributed by atoms with Crippen LogP contribution in [0, 0.1) is 12.3 Å². The largest absolute Gasteiger partial charge is 0.449 e. The number of ether oxygens (including phenoxy) is 1. The third kappa shape index (κ3) is 3.70. The number of piperidine rings is 1. The van der Waals surface area contributed by atoms with E-state index < -0.39 is 0 Å². The minimum atomic E-state index is -0.343. The normalized spacial score (nSPS) is 19.0. The van der Waals surface area contributed by atoms with E-state index in [9.17, 15) is 4.79 Å². The van der Waals surface area contributed by atoms with Gasteiger partial charge in [-0.25, -0.2) is 4.79 Å². The summed E-state index contributed by atoms with van der Waals surface area (Å²) in [6.07, 6.45) is 7.06. The van der Waals surface area contributed by atoms with Crippen LogP contribution in [0.25, 0.3) is 11.1 Å². The fourth-order valence-electron chi connectivity index (χ4n) is 4.25. The number of benzene rings is 2. The van der Waals surface area contributed by atoms with Gasteiger partial charge in [-0.2, -0.15) is 0 Å². The molecule has 1 unspecified atom stereocenters. The molecule has 1 saturated heterocycles. The summed E-state index contributed by atoms with van der Waals surface area (Å²) in [4.78, 5) is 14.6. The number of nitrogens with zero attached hydrogens (tertiary/aromatic N) is 1. The number of likely N-dealkylation sites (tertiary alicyclic amines) is 1. The average molecular weight is 360 g/mol. The van der Waals surface area contributed by atoms with E-state index in [2.05, 4.69) is 52.5 Å². The molecule has 0 saturated carbocycles. The van der Waals surface area contributed by atoms with Crippen LogP contribution < -0.4 is 5.32 Å². The third-order valence-corrected chi connectivity index (χ3v) is 5.49. The van der Waals surface area contributed by atoms with E-state index >= 15 is 0 Å². The van der Waals surface area contributed by atoms with E-state index in [1.807, 2.05) is 12.1 Å². The van der Waals surface area contributed by atoms with Crippen molar-refractivity contribution in [1.29, 1.82) is 0 Å². The van der Waals surface area contributed by atoms with E-state index in [4.69, 9.17) is 11.2 Å². The predicted octanol–water partition coefficient (Wildman–Crippen LogP) is 3.62. The molecule has 4 rings (SSSR count). The van der Waals surface area contributed by atoms with E-state index in [-0.39, 0.29) is 18.1 Å².